The molecule has 0 spiro atoms. The molecule has 3 heteroatoms. The maximum atomic E-state index is 6.51. The first-order valence-corrected chi connectivity index (χ1v) is 10.1. The molecule has 19 heavy (non-hydrogen) atoms. The van der Waals surface area contributed by atoms with Crippen molar-refractivity contribution in [3.63, 3.8) is 0 Å². The summed E-state index contributed by atoms with van der Waals surface area (Å²) in [6.07, 6.45) is 3.67. The molecule has 1 aromatic rings. The number of rotatable bonds is 9. The predicted octanol–water partition coefficient (Wildman–Crippen LogP) is 5.25. The molecule has 0 amide bonds. The first kappa shape index (κ1) is 16.1. The van der Waals surface area contributed by atoms with Crippen LogP contribution < -0.4 is 9.16 Å². The van der Waals surface area contributed by atoms with E-state index in [2.05, 4.69) is 20.8 Å². The summed E-state index contributed by atoms with van der Waals surface area (Å²) >= 11 is 0. The van der Waals surface area contributed by atoms with Crippen LogP contribution >= 0.6 is 0 Å². The molecule has 0 aromatic heterocycles. The van der Waals surface area contributed by atoms with E-state index in [9.17, 15) is 0 Å². The fourth-order valence-electron chi connectivity index (χ4n) is 2.79. The second-order valence-corrected chi connectivity index (χ2v) is 9.28. The highest BCUT2D eigenvalue weighted by atomic mass is 28.4. The third-order valence-electron chi connectivity index (χ3n) is 3.51. The van der Waals surface area contributed by atoms with Crippen molar-refractivity contribution in [3.05, 3.63) is 24.3 Å². The van der Waals surface area contributed by atoms with E-state index in [-0.39, 0.29) is 0 Å². The quantitative estimate of drug-likeness (QED) is 0.575. The van der Waals surface area contributed by atoms with E-state index in [1.165, 1.54) is 37.4 Å². The molecular weight excluding hydrogens is 252 g/mol. The molecule has 0 aliphatic carbocycles. The number of methoxy groups -OCH3 is 1. The van der Waals surface area contributed by atoms with Crippen LogP contribution in [0.3, 0.4) is 0 Å². The van der Waals surface area contributed by atoms with E-state index in [0.717, 1.165) is 11.5 Å². The molecule has 2 nitrogen and oxygen atoms in total. The third-order valence-corrected chi connectivity index (χ3v) is 8.41. The highest BCUT2D eigenvalue weighted by Gasteiger charge is 2.34. The van der Waals surface area contributed by atoms with Crippen molar-refractivity contribution in [3.8, 4) is 11.5 Å². The Balaban J connectivity index is 2.84. The molecule has 0 unspecified atom stereocenters. The van der Waals surface area contributed by atoms with E-state index in [0.29, 0.717) is 0 Å². The van der Waals surface area contributed by atoms with E-state index in [1.807, 2.05) is 24.3 Å². The molecule has 0 bridgehead atoms. The van der Waals surface area contributed by atoms with Crippen molar-refractivity contribution < 1.29 is 9.16 Å². The summed E-state index contributed by atoms with van der Waals surface area (Å²) in [5, 5.41) is 0. The van der Waals surface area contributed by atoms with Crippen molar-refractivity contribution >= 4 is 8.32 Å². The van der Waals surface area contributed by atoms with E-state index in [1.54, 1.807) is 7.11 Å². The van der Waals surface area contributed by atoms with Crippen LogP contribution in [0.15, 0.2) is 24.3 Å². The van der Waals surface area contributed by atoms with Crippen molar-refractivity contribution in [2.24, 2.45) is 0 Å². The monoisotopic (exact) mass is 280 g/mol. The zero-order valence-corrected chi connectivity index (χ0v) is 13.9. The molecule has 108 valence electrons. The van der Waals surface area contributed by atoms with Crippen molar-refractivity contribution in [2.75, 3.05) is 7.11 Å². The van der Waals surface area contributed by atoms with Crippen LogP contribution in [0.1, 0.15) is 40.0 Å². The summed E-state index contributed by atoms with van der Waals surface area (Å²) in [6.45, 7) is 6.80. The highest BCUT2D eigenvalue weighted by molar-refractivity contribution is 6.74. The zero-order chi connectivity index (χ0) is 14.1. The Hall–Kier alpha value is -0.963. The second kappa shape index (κ2) is 8.26. The highest BCUT2D eigenvalue weighted by Crippen LogP contribution is 2.30. The molecule has 0 radical (unpaired) electrons. The van der Waals surface area contributed by atoms with Crippen molar-refractivity contribution in [1.29, 1.82) is 0 Å². The number of ether oxygens (including phenoxy) is 1. The van der Waals surface area contributed by atoms with Gasteiger partial charge in [0, 0.05) is 0 Å². The molecule has 0 heterocycles. The van der Waals surface area contributed by atoms with Gasteiger partial charge >= 0.3 is 0 Å². The molecule has 1 rings (SSSR count). The lowest BCUT2D eigenvalue weighted by Crippen LogP contribution is -2.41. The number of hydrogen-bond acceptors (Lipinski definition) is 2. The Morgan fingerprint density at radius 2 is 1.21 bits per heavy atom. The van der Waals surface area contributed by atoms with Crippen LogP contribution in [0, 0.1) is 0 Å². The second-order valence-electron chi connectivity index (χ2n) is 5.21. The smallest absolute Gasteiger partial charge is 0.251 e. The summed E-state index contributed by atoms with van der Waals surface area (Å²) in [5.41, 5.74) is 0. The molecule has 0 atom stereocenters. The maximum Gasteiger partial charge on any atom is 0.251 e. The first-order valence-electron chi connectivity index (χ1n) is 7.52. The third kappa shape index (κ3) is 4.90. The van der Waals surface area contributed by atoms with E-state index < -0.39 is 8.32 Å². The fraction of sp³-hybridized carbons (Fsp3) is 0.625. The summed E-state index contributed by atoms with van der Waals surface area (Å²) in [5.74, 6) is 1.91. The Morgan fingerprint density at radius 3 is 1.58 bits per heavy atom. The zero-order valence-electron chi connectivity index (χ0n) is 12.9. The molecule has 0 saturated carbocycles. The topological polar surface area (TPSA) is 18.5 Å². The van der Waals surface area contributed by atoms with Gasteiger partial charge in [0.05, 0.1) is 7.11 Å². The lowest BCUT2D eigenvalue weighted by atomic mass is 10.3. The Bertz CT molecular complexity index is 331. The van der Waals surface area contributed by atoms with Gasteiger partial charge in [0.2, 0.25) is 0 Å². The van der Waals surface area contributed by atoms with Crippen LogP contribution in [0.4, 0.5) is 0 Å². The molecule has 0 aliphatic heterocycles. The largest absolute Gasteiger partial charge is 0.543 e. The molecule has 0 aliphatic rings. The minimum atomic E-state index is -1.60. The fourth-order valence-corrected chi connectivity index (χ4v) is 7.21. The van der Waals surface area contributed by atoms with Gasteiger partial charge in [-0.1, -0.05) is 40.0 Å². The molecule has 0 fully saturated rings. The lowest BCUT2D eigenvalue weighted by Gasteiger charge is -2.31. The van der Waals surface area contributed by atoms with Crippen molar-refractivity contribution in [1.82, 2.24) is 0 Å². The number of benzene rings is 1. The van der Waals surface area contributed by atoms with Gasteiger partial charge < -0.3 is 9.16 Å². The SMILES string of the molecule is CCC[Si](CCC)(CCC)Oc1ccc(OC)cc1. The van der Waals surface area contributed by atoms with Crippen LogP contribution in [-0.4, -0.2) is 15.4 Å². The molecular formula is C16H28O2Si. The average molecular weight is 280 g/mol. The van der Waals surface area contributed by atoms with Gasteiger partial charge in [0.25, 0.3) is 8.32 Å². The van der Waals surface area contributed by atoms with Gasteiger partial charge in [-0.05, 0) is 42.4 Å². The van der Waals surface area contributed by atoms with Crippen molar-refractivity contribution in [2.45, 2.75) is 58.2 Å². The summed E-state index contributed by atoms with van der Waals surface area (Å²) < 4.78 is 11.7. The van der Waals surface area contributed by atoms with Gasteiger partial charge in [-0.3, -0.25) is 0 Å². The van der Waals surface area contributed by atoms with Crippen LogP contribution in [0.25, 0.3) is 0 Å². The summed E-state index contributed by atoms with van der Waals surface area (Å²) in [4.78, 5) is 0. The number of hydrogen-bond donors (Lipinski definition) is 0. The Kier molecular flexibility index (Phi) is 6.99. The van der Waals surface area contributed by atoms with Crippen LogP contribution in [0.2, 0.25) is 18.1 Å². The standard InChI is InChI=1S/C16H28O2Si/c1-5-12-19(13-6-2,14-7-3)18-16-10-8-15(17-4)9-11-16/h8-11H,5-7,12-14H2,1-4H3. The maximum absolute atomic E-state index is 6.51. The first-order chi connectivity index (χ1) is 9.19. The van der Waals surface area contributed by atoms with Gasteiger partial charge in [-0.25, -0.2) is 0 Å². The average Bonchev–Trinajstić information content (AvgIpc) is 2.40. The Morgan fingerprint density at radius 1 is 0.789 bits per heavy atom. The van der Waals surface area contributed by atoms with E-state index in [4.69, 9.17) is 9.16 Å². The van der Waals surface area contributed by atoms with Crippen LogP contribution in [-0.2, 0) is 0 Å². The van der Waals surface area contributed by atoms with Gasteiger partial charge in [-0.15, -0.1) is 0 Å². The molecule has 1 aromatic carbocycles. The molecule has 0 N–H and O–H groups in total. The normalized spacial score (nSPS) is 11.4. The van der Waals surface area contributed by atoms with Crippen LogP contribution in [0.5, 0.6) is 11.5 Å². The Labute approximate surface area is 119 Å². The minimum absolute atomic E-state index is 0.890. The molecule has 0 saturated heterocycles. The van der Waals surface area contributed by atoms with Gasteiger partial charge in [-0.2, -0.15) is 0 Å². The van der Waals surface area contributed by atoms with Gasteiger partial charge in [0.1, 0.15) is 11.5 Å². The summed E-state index contributed by atoms with van der Waals surface area (Å²) in [7, 11) is 0.0899. The summed E-state index contributed by atoms with van der Waals surface area (Å²) in [6, 6.07) is 11.8. The predicted molar refractivity (Wildman–Crippen MR) is 84.7 cm³/mol. The lowest BCUT2D eigenvalue weighted by molar-refractivity contribution is 0.413. The van der Waals surface area contributed by atoms with E-state index >= 15 is 0 Å². The minimum Gasteiger partial charge on any atom is -0.543 e. The van der Waals surface area contributed by atoms with Gasteiger partial charge in [0.15, 0.2) is 0 Å².